The van der Waals surface area contributed by atoms with Gasteiger partial charge in [0, 0.05) is 6.07 Å². The molecular weight excluding hydrogens is 230 g/mol. The largest absolute Gasteiger partial charge is 0.507 e. The Morgan fingerprint density at radius 1 is 1.11 bits per heavy atom. The molecule has 0 spiro atoms. The van der Waals surface area contributed by atoms with E-state index in [0.29, 0.717) is 35.4 Å². The molecule has 1 N–H and O–H groups in total. The second-order valence-corrected chi connectivity index (χ2v) is 3.87. The minimum atomic E-state index is 0.103. The molecule has 0 fully saturated rings. The van der Waals surface area contributed by atoms with E-state index in [1.54, 1.807) is 32.0 Å². The van der Waals surface area contributed by atoms with E-state index >= 15 is 0 Å². The molecule has 0 aliphatic carbocycles. The van der Waals surface area contributed by atoms with Gasteiger partial charge in [-0.1, -0.05) is 0 Å². The Kier molecular flexibility index (Phi) is 3.41. The lowest BCUT2D eigenvalue weighted by Crippen LogP contribution is -1.99. The summed E-state index contributed by atoms with van der Waals surface area (Å²) in [5.41, 5.74) is 0.576. The molecule has 1 aromatic heterocycles. The molecule has 1 heterocycles. The Labute approximate surface area is 106 Å². The standard InChI is InChI=1S/C13H15N3O2/c1-4-18-10-5-6-11(12(17)7-10)13-15-8(2)14-9(3)16-13/h5-7,17H,4H2,1-3H3. The maximum atomic E-state index is 9.97. The van der Waals surface area contributed by atoms with E-state index < -0.39 is 0 Å². The summed E-state index contributed by atoms with van der Waals surface area (Å²) in [7, 11) is 0. The third-order valence-corrected chi connectivity index (χ3v) is 2.38. The summed E-state index contributed by atoms with van der Waals surface area (Å²) in [5.74, 6) is 2.46. The topological polar surface area (TPSA) is 68.1 Å². The van der Waals surface area contributed by atoms with Crippen molar-refractivity contribution in [2.75, 3.05) is 6.61 Å². The van der Waals surface area contributed by atoms with Crippen LogP contribution < -0.4 is 4.74 Å². The summed E-state index contributed by atoms with van der Waals surface area (Å²) in [5, 5.41) is 9.97. The van der Waals surface area contributed by atoms with Crippen molar-refractivity contribution in [3.63, 3.8) is 0 Å². The second kappa shape index (κ2) is 5.00. The lowest BCUT2D eigenvalue weighted by Gasteiger charge is -2.07. The van der Waals surface area contributed by atoms with Crippen molar-refractivity contribution in [1.82, 2.24) is 15.0 Å². The van der Waals surface area contributed by atoms with Gasteiger partial charge in [0.05, 0.1) is 12.2 Å². The smallest absolute Gasteiger partial charge is 0.167 e. The van der Waals surface area contributed by atoms with Gasteiger partial charge in [-0.3, -0.25) is 0 Å². The van der Waals surface area contributed by atoms with Crippen LogP contribution in [0.4, 0.5) is 0 Å². The highest BCUT2D eigenvalue weighted by Gasteiger charge is 2.10. The Morgan fingerprint density at radius 2 is 1.78 bits per heavy atom. The molecule has 0 unspecified atom stereocenters. The van der Waals surface area contributed by atoms with Crippen LogP contribution in [0, 0.1) is 13.8 Å². The van der Waals surface area contributed by atoms with Crippen LogP contribution in [-0.2, 0) is 0 Å². The van der Waals surface area contributed by atoms with E-state index in [1.165, 1.54) is 0 Å². The van der Waals surface area contributed by atoms with Gasteiger partial charge in [-0.05, 0) is 32.9 Å². The number of rotatable bonds is 3. The predicted octanol–water partition coefficient (Wildman–Crippen LogP) is 2.26. The van der Waals surface area contributed by atoms with Crippen LogP contribution in [0.5, 0.6) is 11.5 Å². The molecule has 0 saturated carbocycles. The molecule has 0 radical (unpaired) electrons. The minimum absolute atomic E-state index is 0.103. The Morgan fingerprint density at radius 3 is 2.33 bits per heavy atom. The van der Waals surface area contributed by atoms with Gasteiger partial charge in [0.15, 0.2) is 5.82 Å². The number of hydrogen-bond acceptors (Lipinski definition) is 5. The number of nitrogens with zero attached hydrogens (tertiary/aromatic N) is 3. The van der Waals surface area contributed by atoms with Crippen molar-refractivity contribution in [1.29, 1.82) is 0 Å². The van der Waals surface area contributed by atoms with Crippen LogP contribution in [0.1, 0.15) is 18.6 Å². The number of aryl methyl sites for hydroxylation is 2. The fourth-order valence-corrected chi connectivity index (χ4v) is 1.69. The number of phenolic OH excluding ortho intramolecular Hbond substituents is 1. The third kappa shape index (κ3) is 2.56. The maximum Gasteiger partial charge on any atom is 0.167 e. The predicted molar refractivity (Wildman–Crippen MR) is 67.6 cm³/mol. The molecule has 0 saturated heterocycles. The molecule has 0 atom stereocenters. The number of aromatic hydroxyl groups is 1. The number of hydrogen-bond donors (Lipinski definition) is 1. The molecular formula is C13H15N3O2. The maximum absolute atomic E-state index is 9.97. The first-order valence-electron chi connectivity index (χ1n) is 5.75. The molecule has 5 nitrogen and oxygen atoms in total. The van der Waals surface area contributed by atoms with E-state index in [1.807, 2.05) is 6.92 Å². The molecule has 94 valence electrons. The highest BCUT2D eigenvalue weighted by atomic mass is 16.5. The number of benzene rings is 1. The van der Waals surface area contributed by atoms with Gasteiger partial charge in [0.1, 0.15) is 23.1 Å². The molecule has 2 rings (SSSR count). The van der Waals surface area contributed by atoms with Crippen LogP contribution >= 0.6 is 0 Å². The molecule has 1 aromatic carbocycles. The first-order valence-corrected chi connectivity index (χ1v) is 5.75. The van der Waals surface area contributed by atoms with Gasteiger partial charge in [0.2, 0.25) is 0 Å². The average Bonchev–Trinajstić information content (AvgIpc) is 2.28. The van der Waals surface area contributed by atoms with Gasteiger partial charge in [-0.25, -0.2) is 15.0 Å². The highest BCUT2D eigenvalue weighted by Crippen LogP contribution is 2.30. The molecule has 5 heteroatoms. The first kappa shape index (κ1) is 12.3. The zero-order valence-corrected chi connectivity index (χ0v) is 10.6. The zero-order valence-electron chi connectivity index (χ0n) is 10.6. The Bertz CT molecular complexity index is 550. The van der Waals surface area contributed by atoms with Gasteiger partial charge >= 0.3 is 0 Å². The molecule has 0 bridgehead atoms. The fourth-order valence-electron chi connectivity index (χ4n) is 1.69. The van der Waals surface area contributed by atoms with Crippen molar-refractivity contribution in [2.24, 2.45) is 0 Å². The Balaban J connectivity index is 2.44. The normalized spacial score (nSPS) is 10.4. The quantitative estimate of drug-likeness (QED) is 0.898. The van der Waals surface area contributed by atoms with Crippen LogP contribution in [-0.4, -0.2) is 26.7 Å². The summed E-state index contributed by atoms with van der Waals surface area (Å²) >= 11 is 0. The van der Waals surface area contributed by atoms with E-state index in [0.717, 1.165) is 0 Å². The van der Waals surface area contributed by atoms with Crippen LogP contribution in [0.3, 0.4) is 0 Å². The monoisotopic (exact) mass is 245 g/mol. The number of ether oxygens (including phenoxy) is 1. The lowest BCUT2D eigenvalue weighted by atomic mass is 10.2. The van der Waals surface area contributed by atoms with Crippen LogP contribution in [0.2, 0.25) is 0 Å². The summed E-state index contributed by atoms with van der Waals surface area (Å²) < 4.78 is 5.31. The highest BCUT2D eigenvalue weighted by molar-refractivity contribution is 5.65. The molecule has 0 aliphatic heterocycles. The van der Waals surface area contributed by atoms with E-state index in [-0.39, 0.29) is 5.75 Å². The van der Waals surface area contributed by atoms with Gasteiger partial charge in [0.25, 0.3) is 0 Å². The van der Waals surface area contributed by atoms with Gasteiger partial charge in [-0.15, -0.1) is 0 Å². The lowest BCUT2D eigenvalue weighted by molar-refractivity contribution is 0.338. The summed E-state index contributed by atoms with van der Waals surface area (Å²) in [6, 6.07) is 5.09. The summed E-state index contributed by atoms with van der Waals surface area (Å²) in [6.07, 6.45) is 0. The molecule has 0 aliphatic rings. The van der Waals surface area contributed by atoms with Gasteiger partial charge < -0.3 is 9.84 Å². The second-order valence-electron chi connectivity index (χ2n) is 3.87. The first-order chi connectivity index (χ1) is 8.60. The fraction of sp³-hybridized carbons (Fsp3) is 0.308. The van der Waals surface area contributed by atoms with Crippen molar-refractivity contribution in [2.45, 2.75) is 20.8 Å². The van der Waals surface area contributed by atoms with Crippen molar-refractivity contribution >= 4 is 0 Å². The summed E-state index contributed by atoms with van der Waals surface area (Å²) in [6.45, 7) is 6.04. The number of phenols is 1. The van der Waals surface area contributed by atoms with Crippen LogP contribution in [0.15, 0.2) is 18.2 Å². The van der Waals surface area contributed by atoms with Crippen molar-refractivity contribution in [3.05, 3.63) is 29.8 Å². The Hall–Kier alpha value is -2.17. The van der Waals surface area contributed by atoms with E-state index in [9.17, 15) is 5.11 Å². The van der Waals surface area contributed by atoms with E-state index in [4.69, 9.17) is 4.74 Å². The molecule has 18 heavy (non-hydrogen) atoms. The average molecular weight is 245 g/mol. The van der Waals surface area contributed by atoms with Crippen LogP contribution in [0.25, 0.3) is 11.4 Å². The minimum Gasteiger partial charge on any atom is -0.507 e. The summed E-state index contributed by atoms with van der Waals surface area (Å²) in [4.78, 5) is 12.5. The zero-order chi connectivity index (χ0) is 13.1. The van der Waals surface area contributed by atoms with Gasteiger partial charge in [-0.2, -0.15) is 0 Å². The van der Waals surface area contributed by atoms with E-state index in [2.05, 4.69) is 15.0 Å². The molecule has 0 amide bonds. The molecule has 2 aromatic rings. The van der Waals surface area contributed by atoms with Crippen molar-refractivity contribution in [3.8, 4) is 22.9 Å². The van der Waals surface area contributed by atoms with Crippen molar-refractivity contribution < 1.29 is 9.84 Å². The number of aromatic nitrogens is 3. The third-order valence-electron chi connectivity index (χ3n) is 2.38. The SMILES string of the molecule is CCOc1ccc(-c2nc(C)nc(C)n2)c(O)c1.